The fourth-order valence-corrected chi connectivity index (χ4v) is 3.17. The summed E-state index contributed by atoms with van der Waals surface area (Å²) in [6.45, 7) is 0. The molecule has 1 unspecified atom stereocenters. The first-order chi connectivity index (χ1) is 13.9. The minimum absolute atomic E-state index is 0.208. The van der Waals surface area contributed by atoms with Crippen molar-refractivity contribution in [3.05, 3.63) is 77.8 Å². The van der Waals surface area contributed by atoms with Crippen LogP contribution in [-0.4, -0.2) is 23.2 Å². The summed E-state index contributed by atoms with van der Waals surface area (Å²) in [6, 6.07) is 6.92. The molecule has 0 aliphatic carbocycles. The molecule has 3 aromatic rings. The number of anilines is 1. The van der Waals surface area contributed by atoms with E-state index in [0.717, 1.165) is 34.3 Å². The summed E-state index contributed by atoms with van der Waals surface area (Å²) >= 11 is 0. The zero-order chi connectivity index (χ0) is 20.4. The number of hydrogen-bond donors (Lipinski definition) is 3. The molecule has 1 aliphatic heterocycles. The van der Waals surface area contributed by atoms with Gasteiger partial charge in [0, 0.05) is 29.9 Å². The molecular formula is C21H19F3N4O. The molecule has 0 saturated carbocycles. The van der Waals surface area contributed by atoms with Gasteiger partial charge in [-0.05, 0) is 47.5 Å². The molecule has 8 heteroatoms. The van der Waals surface area contributed by atoms with Gasteiger partial charge < -0.3 is 20.4 Å². The van der Waals surface area contributed by atoms with E-state index in [9.17, 15) is 13.2 Å². The maximum atomic E-state index is 12.7. The Morgan fingerprint density at radius 1 is 1.21 bits per heavy atom. The molecule has 1 aromatic carbocycles. The number of fused-ring (bicyclic) bond motifs is 1. The number of methoxy groups -OCH3 is 1. The average molecular weight is 400 g/mol. The Balaban J connectivity index is 1.40. The number of H-pyrrole nitrogens is 1. The van der Waals surface area contributed by atoms with Gasteiger partial charge >= 0.3 is 6.18 Å². The van der Waals surface area contributed by atoms with Gasteiger partial charge in [-0.2, -0.15) is 13.2 Å². The summed E-state index contributed by atoms with van der Waals surface area (Å²) < 4.78 is 43.2. The number of halogens is 3. The third kappa shape index (κ3) is 4.21. The predicted molar refractivity (Wildman–Crippen MR) is 106 cm³/mol. The van der Waals surface area contributed by atoms with Crippen molar-refractivity contribution >= 4 is 16.7 Å². The number of ether oxygens (including phenoxy) is 1. The van der Waals surface area contributed by atoms with E-state index in [1.54, 1.807) is 13.3 Å². The van der Waals surface area contributed by atoms with Crippen LogP contribution in [0.5, 0.6) is 5.75 Å². The van der Waals surface area contributed by atoms with Crippen molar-refractivity contribution in [1.82, 2.24) is 15.3 Å². The minimum atomic E-state index is -4.33. The van der Waals surface area contributed by atoms with Gasteiger partial charge in [0.05, 0.1) is 18.9 Å². The van der Waals surface area contributed by atoms with Crippen molar-refractivity contribution < 1.29 is 17.9 Å². The fraction of sp³-hybridized carbons (Fsp3) is 0.190. The lowest BCUT2D eigenvalue weighted by Gasteiger charge is -2.21. The lowest BCUT2D eigenvalue weighted by Crippen LogP contribution is -2.32. The average Bonchev–Trinajstić information content (AvgIpc) is 3.11. The molecule has 0 bridgehead atoms. The molecule has 29 heavy (non-hydrogen) atoms. The van der Waals surface area contributed by atoms with Crippen molar-refractivity contribution in [3.8, 4) is 5.75 Å². The van der Waals surface area contributed by atoms with Crippen LogP contribution >= 0.6 is 0 Å². The smallest absolute Gasteiger partial charge is 0.416 e. The molecule has 5 nitrogen and oxygen atoms in total. The van der Waals surface area contributed by atoms with Crippen molar-refractivity contribution in [2.75, 3.05) is 12.4 Å². The highest BCUT2D eigenvalue weighted by atomic mass is 19.4. The van der Waals surface area contributed by atoms with Crippen LogP contribution in [0.1, 0.15) is 11.1 Å². The molecule has 3 heterocycles. The first kappa shape index (κ1) is 18.9. The summed E-state index contributed by atoms with van der Waals surface area (Å²) in [6.07, 6.45) is 5.58. The van der Waals surface area contributed by atoms with Crippen molar-refractivity contribution in [1.29, 1.82) is 0 Å². The van der Waals surface area contributed by atoms with Gasteiger partial charge in [-0.3, -0.25) is 0 Å². The minimum Gasteiger partial charge on any atom is -0.495 e. The zero-order valence-electron chi connectivity index (χ0n) is 15.5. The highest BCUT2D eigenvalue weighted by molar-refractivity contribution is 5.81. The Hall–Kier alpha value is -3.42. The molecule has 4 rings (SSSR count). The monoisotopic (exact) mass is 400 g/mol. The van der Waals surface area contributed by atoms with Crippen LogP contribution in [-0.2, 0) is 12.6 Å². The van der Waals surface area contributed by atoms with Crippen LogP contribution in [0.4, 0.5) is 18.9 Å². The molecule has 0 saturated heterocycles. The number of benzene rings is 1. The van der Waals surface area contributed by atoms with E-state index in [2.05, 4.69) is 20.6 Å². The van der Waals surface area contributed by atoms with Gasteiger partial charge in [0.2, 0.25) is 0 Å². The highest BCUT2D eigenvalue weighted by Crippen LogP contribution is 2.30. The van der Waals surface area contributed by atoms with Crippen LogP contribution in [0.3, 0.4) is 0 Å². The van der Waals surface area contributed by atoms with Crippen LogP contribution in [0.15, 0.2) is 66.7 Å². The van der Waals surface area contributed by atoms with Crippen LogP contribution < -0.4 is 15.4 Å². The Kier molecular flexibility index (Phi) is 4.92. The van der Waals surface area contributed by atoms with E-state index in [1.165, 1.54) is 12.1 Å². The molecule has 3 N–H and O–H groups in total. The second-order valence-electron chi connectivity index (χ2n) is 6.70. The Labute approximate surface area is 165 Å². The summed E-state index contributed by atoms with van der Waals surface area (Å²) in [7, 11) is 1.61. The van der Waals surface area contributed by atoms with Gasteiger partial charge in [0.15, 0.2) is 0 Å². The molecule has 0 amide bonds. The first-order valence-electron chi connectivity index (χ1n) is 8.99. The number of hydrogen-bond acceptors (Lipinski definition) is 4. The van der Waals surface area contributed by atoms with Crippen molar-refractivity contribution in [2.45, 2.75) is 18.8 Å². The van der Waals surface area contributed by atoms with E-state index in [-0.39, 0.29) is 6.17 Å². The van der Waals surface area contributed by atoms with Crippen molar-refractivity contribution in [2.24, 2.45) is 0 Å². The van der Waals surface area contributed by atoms with E-state index < -0.39 is 11.7 Å². The second kappa shape index (κ2) is 7.54. The maximum absolute atomic E-state index is 12.7. The molecule has 0 radical (unpaired) electrons. The van der Waals surface area contributed by atoms with Gasteiger partial charge in [-0.25, -0.2) is 4.98 Å². The number of rotatable bonds is 5. The first-order valence-corrected chi connectivity index (χ1v) is 8.99. The third-order valence-corrected chi connectivity index (χ3v) is 4.71. The van der Waals surface area contributed by atoms with E-state index >= 15 is 0 Å². The van der Waals surface area contributed by atoms with E-state index in [1.807, 2.05) is 30.6 Å². The summed E-state index contributed by atoms with van der Waals surface area (Å²) in [5.41, 5.74) is 2.91. The number of alkyl halides is 3. The van der Waals surface area contributed by atoms with E-state index in [0.29, 0.717) is 17.9 Å². The topological polar surface area (TPSA) is 62.0 Å². The number of nitrogens with zero attached hydrogens (tertiary/aromatic N) is 1. The van der Waals surface area contributed by atoms with Gasteiger partial charge in [0.25, 0.3) is 0 Å². The Morgan fingerprint density at radius 3 is 2.66 bits per heavy atom. The van der Waals surface area contributed by atoms with E-state index in [4.69, 9.17) is 4.74 Å². The van der Waals surface area contributed by atoms with Gasteiger partial charge in [-0.1, -0.05) is 6.08 Å². The number of aromatic nitrogens is 2. The lowest BCUT2D eigenvalue weighted by molar-refractivity contribution is -0.137. The number of nitrogens with one attached hydrogen (secondary N) is 3. The van der Waals surface area contributed by atoms with Gasteiger partial charge in [-0.15, -0.1) is 0 Å². The molecule has 0 spiro atoms. The SMILES string of the molecule is COc1cnc2[nH]cc(CC3=CNC(Nc4ccc(C(F)(F)F)cc4)C=C3)c2c1. The normalized spacial score (nSPS) is 16.4. The fourth-order valence-electron chi connectivity index (χ4n) is 3.17. The molecule has 150 valence electrons. The molecule has 2 aromatic heterocycles. The van der Waals surface area contributed by atoms with Gasteiger partial charge in [0.1, 0.15) is 17.6 Å². The molecule has 1 atom stereocenters. The number of allylic oxidation sites excluding steroid dienone is 2. The zero-order valence-corrected chi connectivity index (χ0v) is 15.5. The Bertz CT molecular complexity index is 1070. The molecule has 1 aliphatic rings. The number of pyridine rings is 1. The molecule has 0 fully saturated rings. The molecular weight excluding hydrogens is 381 g/mol. The predicted octanol–water partition coefficient (Wildman–Crippen LogP) is 4.61. The lowest BCUT2D eigenvalue weighted by atomic mass is 10.0. The number of aromatic amines is 1. The Morgan fingerprint density at radius 2 is 2.00 bits per heavy atom. The summed E-state index contributed by atoms with van der Waals surface area (Å²) in [5.74, 6) is 0.699. The van der Waals surface area contributed by atoms with Crippen LogP contribution in [0.2, 0.25) is 0 Å². The second-order valence-corrected chi connectivity index (χ2v) is 6.70. The highest BCUT2D eigenvalue weighted by Gasteiger charge is 2.30. The summed E-state index contributed by atoms with van der Waals surface area (Å²) in [5, 5.41) is 7.36. The third-order valence-electron chi connectivity index (χ3n) is 4.71. The summed E-state index contributed by atoms with van der Waals surface area (Å²) in [4.78, 5) is 7.49. The van der Waals surface area contributed by atoms with Crippen LogP contribution in [0, 0.1) is 0 Å². The number of dihydropyridines is 1. The van der Waals surface area contributed by atoms with Crippen molar-refractivity contribution in [3.63, 3.8) is 0 Å². The van der Waals surface area contributed by atoms with Crippen LogP contribution in [0.25, 0.3) is 11.0 Å². The largest absolute Gasteiger partial charge is 0.495 e. The quantitative estimate of drug-likeness (QED) is 0.585. The standard InChI is InChI=1S/C21H19F3N4O/c1-29-17-9-18-14(11-26-20(18)27-12-17)8-13-2-7-19(25-10-13)28-16-5-3-15(4-6-16)21(22,23)24/h2-7,9-12,19,25,28H,8H2,1H3,(H,26,27). The maximum Gasteiger partial charge on any atom is 0.416 e.